The number of esters is 2. The van der Waals surface area contributed by atoms with Crippen molar-refractivity contribution < 1.29 is 28.3 Å². The predicted molar refractivity (Wildman–Crippen MR) is 131 cm³/mol. The lowest BCUT2D eigenvalue weighted by Gasteiger charge is -2.33. The summed E-state index contributed by atoms with van der Waals surface area (Å²) in [5, 5.41) is 0. The Kier molecular flexibility index (Phi) is 17.9. The summed E-state index contributed by atoms with van der Waals surface area (Å²) in [6.45, 7) is 10.7. The van der Waals surface area contributed by atoms with Gasteiger partial charge < -0.3 is 13.9 Å². The van der Waals surface area contributed by atoms with E-state index in [1.807, 2.05) is 13.8 Å². The number of ether oxygens (including phenoxy) is 2. The van der Waals surface area contributed by atoms with E-state index in [1.165, 1.54) is 0 Å². The zero-order valence-corrected chi connectivity index (χ0v) is 22.1. The van der Waals surface area contributed by atoms with E-state index in [9.17, 15) is 14.4 Å². The number of hydrogen-bond donors (Lipinski definition) is 0. The summed E-state index contributed by atoms with van der Waals surface area (Å²) in [5.74, 6) is -1.74. The highest BCUT2D eigenvalue weighted by atomic mass is 28.4. The molecule has 0 saturated carbocycles. The van der Waals surface area contributed by atoms with Gasteiger partial charge in [-0.2, -0.15) is 0 Å². The van der Waals surface area contributed by atoms with E-state index in [2.05, 4.69) is 20.8 Å². The average molecular weight is 471 g/mol. The Balaban J connectivity index is 5.22. The van der Waals surface area contributed by atoms with E-state index < -0.39 is 32.3 Å². The summed E-state index contributed by atoms with van der Waals surface area (Å²) in [4.78, 5) is 37.0. The smallest absolute Gasteiger partial charge is 0.334 e. The summed E-state index contributed by atoms with van der Waals surface area (Å²) in [7, 11) is -2.25. The normalized spacial score (nSPS) is 12.5. The minimum absolute atomic E-state index is 0.319. The molecule has 0 aromatic rings. The SMILES string of the molecule is CCCCOC(=O)/C=C/C(=O)OC(CCC)C(=O)O[Si](CCCC)(CCCC)CCCC. The van der Waals surface area contributed by atoms with Gasteiger partial charge in [-0.05, 0) is 31.0 Å². The van der Waals surface area contributed by atoms with Gasteiger partial charge in [0.15, 0.2) is 6.10 Å². The first-order chi connectivity index (χ1) is 15.4. The van der Waals surface area contributed by atoms with Crippen molar-refractivity contribution in [1.29, 1.82) is 0 Å². The van der Waals surface area contributed by atoms with Crippen LogP contribution in [0.15, 0.2) is 12.2 Å². The standard InChI is InChI=1S/C25H46O6Si/c1-6-11-18-29-23(26)16-17-24(27)30-22(15-10-5)25(28)31-32(19-12-7-2,20-13-8-3)21-14-9-4/h16-17,22H,6-15,18-21H2,1-5H3/b17-16+. The Hall–Kier alpha value is -1.63. The van der Waals surface area contributed by atoms with Gasteiger partial charge in [0.05, 0.1) is 6.61 Å². The van der Waals surface area contributed by atoms with Gasteiger partial charge in [0.2, 0.25) is 0 Å². The van der Waals surface area contributed by atoms with Crippen molar-refractivity contribution in [3.63, 3.8) is 0 Å². The molecular weight excluding hydrogens is 424 g/mol. The van der Waals surface area contributed by atoms with Crippen LogP contribution in [0, 0.1) is 0 Å². The van der Waals surface area contributed by atoms with Crippen LogP contribution in [0.2, 0.25) is 18.1 Å². The first-order valence-electron chi connectivity index (χ1n) is 12.7. The fourth-order valence-corrected chi connectivity index (χ4v) is 8.08. The van der Waals surface area contributed by atoms with Crippen molar-refractivity contribution in [2.45, 2.75) is 123 Å². The van der Waals surface area contributed by atoms with Crippen molar-refractivity contribution in [3.05, 3.63) is 12.2 Å². The molecule has 7 heteroatoms. The zero-order chi connectivity index (χ0) is 24.2. The largest absolute Gasteiger partial charge is 0.516 e. The van der Waals surface area contributed by atoms with Crippen LogP contribution in [-0.2, 0) is 28.3 Å². The van der Waals surface area contributed by atoms with Crippen molar-refractivity contribution in [1.82, 2.24) is 0 Å². The number of rotatable bonds is 19. The molecule has 0 aliphatic rings. The number of carbonyl (C=O) groups excluding carboxylic acids is 3. The molecule has 0 spiro atoms. The lowest BCUT2D eigenvalue weighted by Crippen LogP contribution is -2.44. The van der Waals surface area contributed by atoms with Crippen molar-refractivity contribution in [2.24, 2.45) is 0 Å². The predicted octanol–water partition coefficient (Wildman–Crippen LogP) is 6.49. The molecule has 32 heavy (non-hydrogen) atoms. The van der Waals surface area contributed by atoms with E-state index in [1.54, 1.807) is 0 Å². The third kappa shape index (κ3) is 13.7. The van der Waals surface area contributed by atoms with E-state index in [4.69, 9.17) is 13.9 Å². The minimum Gasteiger partial charge on any atom is -0.516 e. The van der Waals surface area contributed by atoms with E-state index in [0.29, 0.717) is 19.4 Å². The summed E-state index contributed by atoms with van der Waals surface area (Å²) in [6, 6.07) is 2.89. The van der Waals surface area contributed by atoms with Crippen LogP contribution in [0.4, 0.5) is 0 Å². The molecule has 186 valence electrons. The maximum Gasteiger partial charge on any atom is 0.334 e. The van der Waals surface area contributed by atoms with Gasteiger partial charge in [0.25, 0.3) is 8.32 Å². The molecule has 0 saturated heterocycles. The second-order valence-corrected chi connectivity index (χ2v) is 12.6. The van der Waals surface area contributed by atoms with Gasteiger partial charge in [-0.15, -0.1) is 0 Å². The maximum absolute atomic E-state index is 13.1. The monoisotopic (exact) mass is 470 g/mol. The van der Waals surface area contributed by atoms with Crippen LogP contribution in [0.5, 0.6) is 0 Å². The van der Waals surface area contributed by atoms with E-state index in [0.717, 1.165) is 81.7 Å². The highest BCUT2D eigenvalue weighted by Gasteiger charge is 2.39. The van der Waals surface area contributed by atoms with Gasteiger partial charge in [0.1, 0.15) is 0 Å². The first-order valence-corrected chi connectivity index (χ1v) is 15.2. The molecule has 0 aromatic carbocycles. The van der Waals surface area contributed by atoms with Gasteiger partial charge >= 0.3 is 17.9 Å². The van der Waals surface area contributed by atoms with Crippen LogP contribution < -0.4 is 0 Å². The molecule has 0 heterocycles. The van der Waals surface area contributed by atoms with Gasteiger partial charge in [-0.1, -0.05) is 86.0 Å². The summed E-state index contributed by atoms with van der Waals surface area (Å²) < 4.78 is 16.7. The van der Waals surface area contributed by atoms with Gasteiger partial charge in [0, 0.05) is 12.2 Å². The highest BCUT2D eigenvalue weighted by Crippen LogP contribution is 2.30. The second kappa shape index (κ2) is 18.9. The molecular formula is C25H46O6Si. The zero-order valence-electron chi connectivity index (χ0n) is 21.1. The van der Waals surface area contributed by atoms with E-state index >= 15 is 0 Å². The Morgan fingerprint density at radius 1 is 0.719 bits per heavy atom. The maximum atomic E-state index is 13.1. The lowest BCUT2D eigenvalue weighted by atomic mass is 10.2. The topological polar surface area (TPSA) is 78.9 Å². The molecule has 0 aliphatic heterocycles. The van der Waals surface area contributed by atoms with Gasteiger partial charge in [-0.3, -0.25) is 0 Å². The van der Waals surface area contributed by atoms with Crippen molar-refractivity contribution >= 4 is 26.2 Å². The Morgan fingerprint density at radius 2 is 1.22 bits per heavy atom. The van der Waals surface area contributed by atoms with Crippen molar-refractivity contribution in [3.8, 4) is 0 Å². The molecule has 1 atom stereocenters. The Morgan fingerprint density at radius 3 is 1.69 bits per heavy atom. The summed E-state index contributed by atoms with van der Waals surface area (Å²) in [6.07, 6.45) is 10.3. The third-order valence-electron chi connectivity index (χ3n) is 5.44. The number of hydrogen-bond acceptors (Lipinski definition) is 6. The number of carbonyl (C=O) groups is 3. The van der Waals surface area contributed by atoms with Crippen LogP contribution in [0.3, 0.4) is 0 Å². The van der Waals surface area contributed by atoms with Gasteiger partial charge in [-0.25, -0.2) is 14.4 Å². The fourth-order valence-electron chi connectivity index (χ4n) is 3.47. The summed E-state index contributed by atoms with van der Waals surface area (Å²) in [5.41, 5.74) is 0. The Bertz CT molecular complexity index is 539. The molecule has 0 amide bonds. The first kappa shape index (κ1) is 30.4. The second-order valence-electron chi connectivity index (χ2n) is 8.48. The highest BCUT2D eigenvalue weighted by molar-refractivity contribution is 6.75. The van der Waals surface area contributed by atoms with Crippen LogP contribution in [-0.4, -0.2) is 38.9 Å². The number of unbranched alkanes of at least 4 members (excludes halogenated alkanes) is 4. The molecule has 0 aromatic heterocycles. The average Bonchev–Trinajstić information content (AvgIpc) is 2.78. The molecule has 0 aliphatic carbocycles. The third-order valence-corrected chi connectivity index (χ3v) is 9.87. The Labute approximate surface area is 196 Å². The van der Waals surface area contributed by atoms with Crippen LogP contribution in [0.1, 0.15) is 98.8 Å². The van der Waals surface area contributed by atoms with E-state index in [-0.39, 0.29) is 0 Å². The molecule has 0 rings (SSSR count). The van der Waals surface area contributed by atoms with Crippen LogP contribution >= 0.6 is 0 Å². The quantitative estimate of drug-likeness (QED) is 0.0929. The molecule has 0 fully saturated rings. The molecule has 1 unspecified atom stereocenters. The molecule has 0 bridgehead atoms. The molecule has 0 N–H and O–H groups in total. The summed E-state index contributed by atoms with van der Waals surface area (Å²) >= 11 is 0. The van der Waals surface area contributed by atoms with Crippen LogP contribution in [0.25, 0.3) is 0 Å². The lowest BCUT2D eigenvalue weighted by molar-refractivity contribution is -0.160. The molecule has 6 nitrogen and oxygen atoms in total. The fraction of sp³-hybridized carbons (Fsp3) is 0.800. The minimum atomic E-state index is -2.25. The molecule has 0 radical (unpaired) electrons. The van der Waals surface area contributed by atoms with Crippen molar-refractivity contribution in [2.75, 3.05) is 6.61 Å².